The van der Waals surface area contributed by atoms with Gasteiger partial charge in [0.1, 0.15) is 17.5 Å². The number of nitrogens with zero attached hydrogens (tertiary/aromatic N) is 4. The lowest BCUT2D eigenvalue weighted by atomic mass is 10.3. The Morgan fingerprint density at radius 2 is 1.94 bits per heavy atom. The number of nitrogens with two attached hydrogens (primary N) is 1. The number of aromatic nitrogens is 4. The number of fused-ring (bicyclic) bond motifs is 1. The summed E-state index contributed by atoms with van der Waals surface area (Å²) in [6.07, 6.45) is 1.44. The van der Waals surface area contributed by atoms with Gasteiger partial charge in [-0.2, -0.15) is 5.10 Å². The Labute approximate surface area is 103 Å². The molecule has 0 bridgehead atoms. The number of rotatable bonds is 2. The lowest BCUT2D eigenvalue weighted by Crippen LogP contribution is -1.95. The summed E-state index contributed by atoms with van der Waals surface area (Å²) in [5.74, 6) is 1.09. The van der Waals surface area contributed by atoms with Crippen molar-refractivity contribution in [2.75, 3.05) is 11.1 Å². The van der Waals surface area contributed by atoms with Gasteiger partial charge in [-0.05, 0) is 12.1 Å². The highest BCUT2D eigenvalue weighted by atomic mass is 15.3. The first-order valence-electron chi connectivity index (χ1n) is 5.51. The van der Waals surface area contributed by atoms with Crippen LogP contribution in [-0.4, -0.2) is 19.7 Å². The van der Waals surface area contributed by atoms with E-state index >= 15 is 0 Å². The molecule has 6 nitrogen and oxygen atoms in total. The first-order chi connectivity index (χ1) is 8.75. The van der Waals surface area contributed by atoms with Gasteiger partial charge in [-0.15, -0.1) is 0 Å². The fraction of sp³-hybridized carbons (Fsp3) is 0.0833. The summed E-state index contributed by atoms with van der Waals surface area (Å²) in [4.78, 5) is 8.17. The maximum atomic E-state index is 5.88. The van der Waals surface area contributed by atoms with Gasteiger partial charge in [-0.3, -0.25) is 0 Å². The normalized spacial score (nSPS) is 10.7. The van der Waals surface area contributed by atoms with E-state index in [1.807, 2.05) is 37.4 Å². The molecule has 90 valence electrons. The Hall–Kier alpha value is -2.63. The predicted molar refractivity (Wildman–Crippen MR) is 70.4 cm³/mol. The molecule has 0 saturated heterocycles. The van der Waals surface area contributed by atoms with E-state index in [9.17, 15) is 0 Å². The van der Waals surface area contributed by atoms with Crippen molar-refractivity contribution < 1.29 is 0 Å². The van der Waals surface area contributed by atoms with Gasteiger partial charge >= 0.3 is 0 Å². The summed E-state index contributed by atoms with van der Waals surface area (Å²) in [6.45, 7) is 0. The average Bonchev–Trinajstić information content (AvgIpc) is 2.69. The topological polar surface area (TPSA) is 81.7 Å². The third-order valence-electron chi connectivity index (χ3n) is 2.69. The molecule has 0 spiro atoms. The summed E-state index contributed by atoms with van der Waals surface area (Å²) in [5, 5.41) is 8.33. The molecule has 3 aromatic rings. The van der Waals surface area contributed by atoms with Gasteiger partial charge in [-0.1, -0.05) is 18.2 Å². The van der Waals surface area contributed by atoms with Crippen molar-refractivity contribution in [2.45, 2.75) is 0 Å². The zero-order valence-electron chi connectivity index (χ0n) is 9.83. The monoisotopic (exact) mass is 240 g/mol. The van der Waals surface area contributed by atoms with Gasteiger partial charge < -0.3 is 11.1 Å². The van der Waals surface area contributed by atoms with Crippen LogP contribution in [0.2, 0.25) is 0 Å². The highest BCUT2D eigenvalue weighted by Gasteiger charge is 2.13. The van der Waals surface area contributed by atoms with Crippen LogP contribution in [-0.2, 0) is 7.05 Å². The minimum absolute atomic E-state index is 0.423. The van der Waals surface area contributed by atoms with Crippen molar-refractivity contribution in [3.63, 3.8) is 0 Å². The fourth-order valence-corrected chi connectivity index (χ4v) is 1.86. The van der Waals surface area contributed by atoms with Crippen LogP contribution in [0.25, 0.3) is 11.0 Å². The second kappa shape index (κ2) is 3.99. The smallest absolute Gasteiger partial charge is 0.165 e. The van der Waals surface area contributed by atoms with Crippen molar-refractivity contribution >= 4 is 28.4 Å². The predicted octanol–water partition coefficient (Wildman–Crippen LogP) is 1.69. The van der Waals surface area contributed by atoms with Gasteiger partial charge in [0, 0.05) is 12.7 Å². The molecular weight excluding hydrogens is 228 g/mol. The van der Waals surface area contributed by atoms with E-state index in [2.05, 4.69) is 20.4 Å². The van der Waals surface area contributed by atoms with Crippen LogP contribution in [0.5, 0.6) is 0 Å². The number of benzene rings is 1. The van der Waals surface area contributed by atoms with Crippen LogP contribution in [0.1, 0.15) is 0 Å². The Bertz CT molecular complexity index is 688. The number of hydrogen-bond acceptors (Lipinski definition) is 5. The van der Waals surface area contributed by atoms with Crippen molar-refractivity contribution in [1.29, 1.82) is 0 Å². The molecule has 0 saturated carbocycles. The average molecular weight is 240 g/mol. The maximum absolute atomic E-state index is 5.88. The second-order valence-corrected chi connectivity index (χ2v) is 3.92. The summed E-state index contributed by atoms with van der Waals surface area (Å²) in [7, 11) is 1.82. The molecule has 0 aliphatic heterocycles. The van der Waals surface area contributed by atoms with E-state index in [4.69, 9.17) is 5.73 Å². The summed E-state index contributed by atoms with van der Waals surface area (Å²) < 4.78 is 1.68. The van der Waals surface area contributed by atoms with Crippen LogP contribution < -0.4 is 11.1 Å². The van der Waals surface area contributed by atoms with Gasteiger partial charge in [-0.25, -0.2) is 14.6 Å². The summed E-state index contributed by atoms with van der Waals surface area (Å²) >= 11 is 0. The van der Waals surface area contributed by atoms with Crippen LogP contribution in [0.3, 0.4) is 0 Å². The van der Waals surface area contributed by atoms with E-state index in [0.29, 0.717) is 17.3 Å². The van der Waals surface area contributed by atoms with Gasteiger partial charge in [0.2, 0.25) is 0 Å². The van der Waals surface area contributed by atoms with E-state index in [1.54, 1.807) is 4.68 Å². The molecule has 0 amide bonds. The first kappa shape index (κ1) is 10.5. The Kier molecular flexibility index (Phi) is 2.33. The number of nitrogens with one attached hydrogen (secondary N) is 1. The number of anilines is 3. The number of aryl methyl sites for hydroxylation is 1. The Morgan fingerprint density at radius 3 is 2.72 bits per heavy atom. The largest absolute Gasteiger partial charge is 0.383 e. The fourth-order valence-electron chi connectivity index (χ4n) is 1.86. The van der Waals surface area contributed by atoms with Crippen LogP contribution in [0.15, 0.2) is 36.7 Å². The summed E-state index contributed by atoms with van der Waals surface area (Å²) in [6, 6.07) is 9.78. The minimum Gasteiger partial charge on any atom is -0.383 e. The Morgan fingerprint density at radius 1 is 1.17 bits per heavy atom. The highest BCUT2D eigenvalue weighted by Crippen LogP contribution is 2.27. The first-order valence-corrected chi connectivity index (χ1v) is 5.51. The zero-order valence-corrected chi connectivity index (χ0v) is 9.83. The van der Waals surface area contributed by atoms with Crippen LogP contribution >= 0.6 is 0 Å². The van der Waals surface area contributed by atoms with E-state index in [-0.39, 0.29) is 0 Å². The van der Waals surface area contributed by atoms with E-state index < -0.39 is 0 Å². The lowest BCUT2D eigenvalue weighted by Gasteiger charge is -2.03. The van der Waals surface area contributed by atoms with Crippen LogP contribution in [0.4, 0.5) is 17.3 Å². The van der Waals surface area contributed by atoms with Crippen molar-refractivity contribution in [1.82, 2.24) is 19.7 Å². The molecule has 0 aliphatic carbocycles. The molecule has 0 aliphatic rings. The zero-order chi connectivity index (χ0) is 12.5. The SMILES string of the molecule is Cn1nc(Nc2ccccc2)c2c(N)ncnc21. The number of para-hydroxylation sites is 1. The van der Waals surface area contributed by atoms with Gasteiger partial charge in [0.05, 0.1) is 0 Å². The van der Waals surface area contributed by atoms with Gasteiger partial charge in [0.15, 0.2) is 11.5 Å². The molecule has 18 heavy (non-hydrogen) atoms. The van der Waals surface area contributed by atoms with Crippen molar-refractivity contribution in [3.05, 3.63) is 36.7 Å². The minimum atomic E-state index is 0.423. The second-order valence-electron chi connectivity index (χ2n) is 3.92. The standard InChI is InChI=1S/C12H12N6/c1-18-12-9(10(13)14-7-15-12)11(17-18)16-8-5-3-2-4-6-8/h2-7H,1H3,(H,16,17)(H2,13,14,15). The highest BCUT2D eigenvalue weighted by molar-refractivity contribution is 5.97. The third-order valence-corrected chi connectivity index (χ3v) is 2.69. The lowest BCUT2D eigenvalue weighted by molar-refractivity contribution is 0.789. The number of hydrogen-bond donors (Lipinski definition) is 2. The Balaban J connectivity index is 2.13. The summed E-state index contributed by atoms with van der Waals surface area (Å²) in [5.41, 5.74) is 7.53. The third kappa shape index (κ3) is 1.64. The molecule has 2 aromatic heterocycles. The van der Waals surface area contributed by atoms with Crippen LogP contribution in [0, 0.1) is 0 Å². The molecule has 3 rings (SSSR count). The van der Waals surface area contributed by atoms with E-state index in [1.165, 1.54) is 6.33 Å². The molecule has 0 atom stereocenters. The molecule has 3 N–H and O–H groups in total. The quantitative estimate of drug-likeness (QED) is 0.712. The molecule has 0 unspecified atom stereocenters. The van der Waals surface area contributed by atoms with Crippen molar-refractivity contribution in [3.8, 4) is 0 Å². The molecule has 0 radical (unpaired) electrons. The van der Waals surface area contributed by atoms with E-state index in [0.717, 1.165) is 11.1 Å². The molecule has 6 heteroatoms. The molecular formula is C12H12N6. The van der Waals surface area contributed by atoms with Crippen molar-refractivity contribution in [2.24, 2.45) is 7.05 Å². The van der Waals surface area contributed by atoms with Gasteiger partial charge in [0.25, 0.3) is 0 Å². The maximum Gasteiger partial charge on any atom is 0.165 e. The molecule has 2 heterocycles. The number of nitrogen functional groups attached to an aromatic ring is 1. The molecule has 1 aromatic carbocycles. The molecule has 0 fully saturated rings.